The zero-order valence-corrected chi connectivity index (χ0v) is 20.4. The van der Waals surface area contributed by atoms with E-state index in [0.717, 1.165) is 16.9 Å². The molecule has 1 amide bonds. The number of hydrogen-bond donors (Lipinski definition) is 1. The fourth-order valence-corrected chi connectivity index (χ4v) is 4.22. The van der Waals surface area contributed by atoms with Crippen LogP contribution in [0.25, 0.3) is 0 Å². The molecule has 0 aliphatic carbocycles. The second-order valence-electron chi connectivity index (χ2n) is 7.29. The molecule has 0 saturated carbocycles. The average molecular weight is 491 g/mol. The van der Waals surface area contributed by atoms with Crippen molar-refractivity contribution in [2.24, 2.45) is 0 Å². The van der Waals surface area contributed by atoms with Gasteiger partial charge in [-0.05, 0) is 62.2 Å². The number of allylic oxidation sites excluding steroid dienone is 1. The molecule has 3 rings (SSSR count). The van der Waals surface area contributed by atoms with Crippen molar-refractivity contribution in [3.05, 3.63) is 76.0 Å². The summed E-state index contributed by atoms with van der Waals surface area (Å²) in [6.45, 7) is 10.3. The molecular weight excluding hydrogens is 467 g/mol. The lowest BCUT2D eigenvalue weighted by atomic mass is 10.1. The van der Waals surface area contributed by atoms with Crippen LogP contribution in [0.5, 0.6) is 5.75 Å². The van der Waals surface area contributed by atoms with Crippen molar-refractivity contribution in [2.45, 2.75) is 38.6 Å². The van der Waals surface area contributed by atoms with E-state index in [9.17, 15) is 4.79 Å². The molecule has 0 aliphatic rings. The lowest BCUT2D eigenvalue weighted by molar-refractivity contribution is -0.113. The Morgan fingerprint density at radius 3 is 2.56 bits per heavy atom. The van der Waals surface area contributed by atoms with Gasteiger partial charge in [0.25, 0.3) is 0 Å². The molecule has 32 heavy (non-hydrogen) atoms. The monoisotopic (exact) mass is 490 g/mol. The third kappa shape index (κ3) is 6.28. The van der Waals surface area contributed by atoms with Crippen molar-refractivity contribution < 1.29 is 9.53 Å². The van der Waals surface area contributed by atoms with E-state index >= 15 is 0 Å². The van der Waals surface area contributed by atoms with Gasteiger partial charge < -0.3 is 10.1 Å². The third-order valence-corrected chi connectivity index (χ3v) is 6.17. The van der Waals surface area contributed by atoms with Gasteiger partial charge in [0, 0.05) is 12.2 Å². The van der Waals surface area contributed by atoms with Gasteiger partial charge in [-0.25, -0.2) is 0 Å². The molecule has 1 heterocycles. The van der Waals surface area contributed by atoms with Crippen LogP contribution in [0.15, 0.2) is 54.2 Å². The molecule has 168 valence electrons. The lowest BCUT2D eigenvalue weighted by Gasteiger charge is -2.16. The number of amides is 1. The average Bonchev–Trinajstić information content (AvgIpc) is 3.11. The van der Waals surface area contributed by atoms with Crippen LogP contribution in [-0.2, 0) is 11.3 Å². The Labute approximate surface area is 202 Å². The topological polar surface area (TPSA) is 69.0 Å². The van der Waals surface area contributed by atoms with Crippen LogP contribution < -0.4 is 10.1 Å². The number of aryl methyl sites for hydroxylation is 2. The molecule has 0 radical (unpaired) electrons. The molecule has 0 aliphatic heterocycles. The zero-order valence-electron chi connectivity index (χ0n) is 18.1. The van der Waals surface area contributed by atoms with Crippen LogP contribution >= 0.6 is 35.0 Å². The van der Waals surface area contributed by atoms with Gasteiger partial charge in [0.2, 0.25) is 5.91 Å². The summed E-state index contributed by atoms with van der Waals surface area (Å²) in [5.41, 5.74) is 2.83. The summed E-state index contributed by atoms with van der Waals surface area (Å²) in [7, 11) is 0. The second kappa shape index (κ2) is 10.9. The quantitative estimate of drug-likeness (QED) is 0.283. The first kappa shape index (κ1) is 24.2. The van der Waals surface area contributed by atoms with E-state index in [1.807, 2.05) is 37.5 Å². The number of carbonyl (C=O) groups is 1. The number of nitrogens with one attached hydrogen (secondary N) is 1. The Bertz CT molecular complexity index is 1110. The number of halogens is 2. The predicted molar refractivity (Wildman–Crippen MR) is 131 cm³/mol. The van der Waals surface area contributed by atoms with E-state index < -0.39 is 0 Å². The SMILES string of the molecule is C=CCn1c(SCC(=O)Nc2ccc(Cl)c(Cl)c2)nnc1C(C)Oc1cc(C)cc(C)c1. The molecule has 0 spiro atoms. The van der Waals surface area contributed by atoms with E-state index in [-0.39, 0.29) is 17.8 Å². The number of hydrogen-bond acceptors (Lipinski definition) is 5. The molecule has 0 fully saturated rings. The normalized spacial score (nSPS) is 11.8. The second-order valence-corrected chi connectivity index (χ2v) is 9.05. The molecule has 1 atom stereocenters. The number of anilines is 1. The molecule has 0 saturated heterocycles. The van der Waals surface area contributed by atoms with E-state index in [4.69, 9.17) is 27.9 Å². The first-order valence-electron chi connectivity index (χ1n) is 9.93. The highest BCUT2D eigenvalue weighted by Gasteiger charge is 2.20. The van der Waals surface area contributed by atoms with Crippen LogP contribution in [0.3, 0.4) is 0 Å². The predicted octanol–water partition coefficient (Wildman–Crippen LogP) is 6.26. The summed E-state index contributed by atoms with van der Waals surface area (Å²) in [6.07, 6.45) is 1.43. The number of ether oxygens (including phenoxy) is 1. The van der Waals surface area contributed by atoms with E-state index in [0.29, 0.717) is 33.3 Å². The first-order chi connectivity index (χ1) is 15.3. The molecule has 1 unspecified atom stereocenters. The van der Waals surface area contributed by atoms with Gasteiger partial charge in [-0.2, -0.15) is 0 Å². The molecular formula is C23H24Cl2N4O2S. The summed E-state index contributed by atoms with van der Waals surface area (Å²) in [6, 6.07) is 11.0. The van der Waals surface area contributed by atoms with E-state index in [1.54, 1.807) is 24.3 Å². The summed E-state index contributed by atoms with van der Waals surface area (Å²) in [4.78, 5) is 12.4. The van der Waals surface area contributed by atoms with E-state index in [2.05, 4.69) is 28.2 Å². The van der Waals surface area contributed by atoms with Crippen LogP contribution in [0.4, 0.5) is 5.69 Å². The molecule has 6 nitrogen and oxygen atoms in total. The minimum absolute atomic E-state index is 0.155. The van der Waals surface area contributed by atoms with Gasteiger partial charge >= 0.3 is 0 Å². The largest absolute Gasteiger partial charge is 0.483 e. The fourth-order valence-electron chi connectivity index (χ4n) is 3.17. The third-order valence-electron chi connectivity index (χ3n) is 4.46. The molecule has 2 aromatic carbocycles. The Kier molecular flexibility index (Phi) is 8.23. The minimum Gasteiger partial charge on any atom is -0.483 e. The van der Waals surface area contributed by atoms with Crippen molar-refractivity contribution in [2.75, 3.05) is 11.1 Å². The maximum absolute atomic E-state index is 12.4. The summed E-state index contributed by atoms with van der Waals surface area (Å²) < 4.78 is 8.02. The Morgan fingerprint density at radius 1 is 1.19 bits per heavy atom. The van der Waals surface area contributed by atoms with Crippen molar-refractivity contribution in [3.8, 4) is 5.75 Å². The van der Waals surface area contributed by atoms with Crippen molar-refractivity contribution in [3.63, 3.8) is 0 Å². The summed E-state index contributed by atoms with van der Waals surface area (Å²) in [5, 5.41) is 12.8. The van der Waals surface area contributed by atoms with Gasteiger partial charge in [0.05, 0.1) is 15.8 Å². The van der Waals surface area contributed by atoms with Crippen LogP contribution in [0, 0.1) is 13.8 Å². The van der Waals surface area contributed by atoms with Crippen molar-refractivity contribution in [1.29, 1.82) is 0 Å². The van der Waals surface area contributed by atoms with Gasteiger partial charge in [0.1, 0.15) is 5.75 Å². The minimum atomic E-state index is -0.331. The highest BCUT2D eigenvalue weighted by molar-refractivity contribution is 7.99. The number of benzene rings is 2. The van der Waals surface area contributed by atoms with E-state index in [1.165, 1.54) is 11.8 Å². The maximum Gasteiger partial charge on any atom is 0.234 e. The standard InChI is InChI=1S/C23H24Cl2N4O2S/c1-5-8-29-22(16(4)31-18-10-14(2)9-15(3)11-18)27-28-23(29)32-13-21(30)26-17-6-7-19(24)20(25)12-17/h5-7,9-12,16H,1,8,13H2,2-4H3,(H,26,30). The molecule has 1 aromatic heterocycles. The first-order valence-corrected chi connectivity index (χ1v) is 11.7. The number of rotatable bonds is 9. The van der Waals surface area contributed by atoms with Crippen molar-refractivity contribution >= 4 is 46.6 Å². The van der Waals surface area contributed by atoms with Gasteiger partial charge in [-0.1, -0.05) is 47.1 Å². The highest BCUT2D eigenvalue weighted by atomic mass is 35.5. The summed E-state index contributed by atoms with van der Waals surface area (Å²) in [5.74, 6) is 1.40. The Balaban J connectivity index is 1.68. The van der Waals surface area contributed by atoms with Crippen LogP contribution in [0.2, 0.25) is 10.0 Å². The fraction of sp³-hybridized carbons (Fsp3) is 0.261. The Hall–Kier alpha value is -2.48. The number of thioether (sulfide) groups is 1. The maximum atomic E-state index is 12.4. The Morgan fingerprint density at radius 2 is 1.91 bits per heavy atom. The van der Waals surface area contributed by atoms with Crippen molar-refractivity contribution in [1.82, 2.24) is 14.8 Å². The van der Waals surface area contributed by atoms with Crippen LogP contribution in [0.1, 0.15) is 30.0 Å². The molecule has 3 aromatic rings. The number of nitrogens with zero attached hydrogens (tertiary/aromatic N) is 3. The number of aromatic nitrogens is 3. The number of carbonyl (C=O) groups excluding carboxylic acids is 1. The highest BCUT2D eigenvalue weighted by Crippen LogP contribution is 2.27. The lowest BCUT2D eigenvalue weighted by Crippen LogP contribution is -2.15. The van der Waals surface area contributed by atoms with Gasteiger partial charge in [-0.3, -0.25) is 9.36 Å². The molecule has 0 bridgehead atoms. The van der Waals surface area contributed by atoms with Crippen LogP contribution in [-0.4, -0.2) is 26.4 Å². The van der Waals surface area contributed by atoms with Gasteiger partial charge in [-0.15, -0.1) is 16.8 Å². The molecule has 1 N–H and O–H groups in total. The van der Waals surface area contributed by atoms with Gasteiger partial charge in [0.15, 0.2) is 17.1 Å². The molecule has 9 heteroatoms. The smallest absolute Gasteiger partial charge is 0.234 e. The zero-order chi connectivity index (χ0) is 23.3. The summed E-state index contributed by atoms with van der Waals surface area (Å²) >= 11 is 13.2.